The number of piperidine rings is 2. The van der Waals surface area contributed by atoms with Crippen LogP contribution in [0.1, 0.15) is 37.8 Å². The zero-order valence-corrected chi connectivity index (χ0v) is 19.1. The third-order valence-electron chi connectivity index (χ3n) is 5.92. The van der Waals surface area contributed by atoms with E-state index < -0.39 is 0 Å². The van der Waals surface area contributed by atoms with E-state index >= 15 is 0 Å². The van der Waals surface area contributed by atoms with Gasteiger partial charge in [0, 0.05) is 25.3 Å². The summed E-state index contributed by atoms with van der Waals surface area (Å²) in [6.07, 6.45) is 8.35. The molecule has 1 aromatic rings. The first-order valence-electron chi connectivity index (χ1n) is 10.00. The molecule has 0 bridgehead atoms. The summed E-state index contributed by atoms with van der Waals surface area (Å²) in [6, 6.07) is 6.00. The summed E-state index contributed by atoms with van der Waals surface area (Å²) in [7, 11) is 4.08. The van der Waals surface area contributed by atoms with Crippen molar-refractivity contribution < 1.29 is 0 Å². The van der Waals surface area contributed by atoms with Crippen LogP contribution < -0.4 is 10.6 Å². The van der Waals surface area contributed by atoms with E-state index in [1.807, 2.05) is 31.4 Å². The van der Waals surface area contributed by atoms with Gasteiger partial charge in [-0.15, -0.1) is 24.0 Å². The van der Waals surface area contributed by atoms with E-state index in [9.17, 15) is 0 Å². The molecule has 27 heavy (non-hydrogen) atoms. The number of nitrogens with one attached hydrogen (secondary N) is 2. The van der Waals surface area contributed by atoms with Crippen LogP contribution in [-0.2, 0) is 6.54 Å². The summed E-state index contributed by atoms with van der Waals surface area (Å²) in [5, 5.41) is 7.01. The smallest absolute Gasteiger partial charge is 0.191 e. The fourth-order valence-electron chi connectivity index (χ4n) is 4.15. The Morgan fingerprint density at radius 2 is 1.85 bits per heavy atom. The summed E-state index contributed by atoms with van der Waals surface area (Å²) < 4.78 is 0. The second-order valence-electron chi connectivity index (χ2n) is 7.68. The molecule has 0 radical (unpaired) electrons. The highest BCUT2D eigenvalue weighted by atomic mass is 127. The average Bonchev–Trinajstić information content (AvgIpc) is 2.71. The Morgan fingerprint density at radius 3 is 2.48 bits per heavy atom. The number of hydrogen-bond donors (Lipinski definition) is 2. The van der Waals surface area contributed by atoms with Crippen molar-refractivity contribution >= 4 is 29.9 Å². The van der Waals surface area contributed by atoms with Gasteiger partial charge in [0.15, 0.2) is 5.96 Å². The van der Waals surface area contributed by atoms with Crippen LogP contribution in [0.15, 0.2) is 29.4 Å². The third-order valence-corrected chi connectivity index (χ3v) is 5.92. The minimum atomic E-state index is 0. The lowest BCUT2D eigenvalue weighted by Gasteiger charge is -2.50. The van der Waals surface area contributed by atoms with Crippen LogP contribution in [0, 0.1) is 0 Å². The standard InChI is InChI=1S/C20H34N6.HI/c1-21-19(23-16-18-8-4-5-11-22-18)24-17-20(9-14-25(2)15-10-20)26-12-6-3-7-13-26;/h4-5,8,11H,3,6-7,9-10,12-17H2,1-2H3,(H2,21,23,24);1H. The van der Waals surface area contributed by atoms with Crippen molar-refractivity contribution in [3.63, 3.8) is 0 Å². The van der Waals surface area contributed by atoms with Gasteiger partial charge in [-0.3, -0.25) is 14.9 Å². The summed E-state index contributed by atoms with van der Waals surface area (Å²) in [4.78, 5) is 14.0. The van der Waals surface area contributed by atoms with Gasteiger partial charge in [0.1, 0.15) is 0 Å². The first-order valence-corrected chi connectivity index (χ1v) is 10.00. The molecule has 0 atom stereocenters. The highest BCUT2D eigenvalue weighted by Gasteiger charge is 2.39. The number of guanidine groups is 1. The van der Waals surface area contributed by atoms with Crippen molar-refractivity contribution in [1.29, 1.82) is 0 Å². The Labute approximate surface area is 181 Å². The maximum absolute atomic E-state index is 4.42. The Hall–Kier alpha value is -0.930. The molecule has 0 aliphatic carbocycles. The quantitative estimate of drug-likeness (QED) is 0.380. The topological polar surface area (TPSA) is 55.8 Å². The van der Waals surface area contributed by atoms with Crippen molar-refractivity contribution in [3.05, 3.63) is 30.1 Å². The number of aromatic nitrogens is 1. The molecule has 6 nitrogen and oxygen atoms in total. The number of likely N-dealkylation sites (tertiary alicyclic amines) is 2. The molecule has 2 fully saturated rings. The van der Waals surface area contributed by atoms with Crippen LogP contribution in [0.4, 0.5) is 0 Å². The van der Waals surface area contributed by atoms with Gasteiger partial charge in [0.2, 0.25) is 0 Å². The second kappa shape index (κ2) is 11.2. The van der Waals surface area contributed by atoms with Crippen LogP contribution in [0.5, 0.6) is 0 Å². The van der Waals surface area contributed by atoms with Gasteiger partial charge >= 0.3 is 0 Å². The molecule has 152 valence electrons. The second-order valence-corrected chi connectivity index (χ2v) is 7.68. The first-order chi connectivity index (χ1) is 12.7. The molecule has 2 N–H and O–H groups in total. The lowest BCUT2D eigenvalue weighted by Crippen LogP contribution is -2.62. The van der Waals surface area contributed by atoms with Crippen molar-refractivity contribution in [2.45, 2.75) is 44.2 Å². The van der Waals surface area contributed by atoms with Gasteiger partial charge in [-0.05, 0) is 71.0 Å². The Kier molecular flexibility index (Phi) is 9.25. The highest BCUT2D eigenvalue weighted by Crippen LogP contribution is 2.30. The van der Waals surface area contributed by atoms with E-state index in [1.54, 1.807) is 0 Å². The van der Waals surface area contributed by atoms with Crippen LogP contribution in [-0.4, -0.2) is 73.1 Å². The maximum atomic E-state index is 4.42. The van der Waals surface area contributed by atoms with Crippen molar-refractivity contribution in [3.8, 4) is 0 Å². The number of rotatable bonds is 5. The molecule has 7 heteroatoms. The minimum absolute atomic E-state index is 0. The fourth-order valence-corrected chi connectivity index (χ4v) is 4.15. The van der Waals surface area contributed by atoms with E-state index in [2.05, 4.69) is 37.5 Å². The predicted molar refractivity (Wildman–Crippen MR) is 123 cm³/mol. The molecule has 0 saturated carbocycles. The number of halogens is 1. The molecular formula is C20H35IN6. The average molecular weight is 486 g/mol. The van der Waals surface area contributed by atoms with Crippen LogP contribution in [0.25, 0.3) is 0 Å². The molecular weight excluding hydrogens is 451 g/mol. The third kappa shape index (κ3) is 6.29. The zero-order valence-electron chi connectivity index (χ0n) is 16.8. The monoisotopic (exact) mass is 486 g/mol. The Bertz CT molecular complexity index is 565. The van der Waals surface area contributed by atoms with Gasteiger partial charge in [-0.1, -0.05) is 12.5 Å². The van der Waals surface area contributed by atoms with Gasteiger partial charge < -0.3 is 15.5 Å². The highest BCUT2D eigenvalue weighted by molar-refractivity contribution is 14.0. The van der Waals surface area contributed by atoms with E-state index in [1.165, 1.54) is 58.3 Å². The maximum Gasteiger partial charge on any atom is 0.191 e. The number of hydrogen-bond acceptors (Lipinski definition) is 4. The first kappa shape index (κ1) is 22.4. The number of aliphatic imine (C=N–C) groups is 1. The van der Waals surface area contributed by atoms with E-state index in [0.29, 0.717) is 6.54 Å². The summed E-state index contributed by atoms with van der Waals surface area (Å²) in [6.45, 7) is 6.50. The Morgan fingerprint density at radius 1 is 1.11 bits per heavy atom. The largest absolute Gasteiger partial charge is 0.355 e. The van der Waals surface area contributed by atoms with Crippen LogP contribution in [0.3, 0.4) is 0 Å². The molecule has 0 amide bonds. The summed E-state index contributed by atoms with van der Waals surface area (Å²) in [5.74, 6) is 0.867. The van der Waals surface area contributed by atoms with Gasteiger partial charge in [0.05, 0.1) is 12.2 Å². The van der Waals surface area contributed by atoms with Crippen LogP contribution in [0.2, 0.25) is 0 Å². The van der Waals surface area contributed by atoms with Crippen LogP contribution >= 0.6 is 24.0 Å². The molecule has 2 saturated heterocycles. The molecule has 0 unspecified atom stereocenters. The van der Waals surface area contributed by atoms with Gasteiger partial charge in [-0.2, -0.15) is 0 Å². The summed E-state index contributed by atoms with van der Waals surface area (Å²) in [5.41, 5.74) is 1.29. The molecule has 2 aliphatic heterocycles. The molecule has 0 spiro atoms. The van der Waals surface area contributed by atoms with Crippen molar-refractivity contribution in [2.24, 2.45) is 4.99 Å². The van der Waals surface area contributed by atoms with E-state index in [4.69, 9.17) is 0 Å². The fraction of sp³-hybridized carbons (Fsp3) is 0.700. The zero-order chi connectivity index (χ0) is 18.2. The number of nitrogens with zero attached hydrogens (tertiary/aromatic N) is 4. The van der Waals surface area contributed by atoms with Crippen molar-refractivity contribution in [1.82, 2.24) is 25.4 Å². The number of pyridine rings is 1. The Balaban J connectivity index is 0.00000261. The molecule has 3 heterocycles. The van der Waals surface area contributed by atoms with E-state index in [0.717, 1.165) is 18.2 Å². The van der Waals surface area contributed by atoms with Gasteiger partial charge in [0.25, 0.3) is 0 Å². The SMILES string of the molecule is CN=C(NCc1ccccn1)NCC1(N2CCCCC2)CCN(C)CC1.I. The lowest BCUT2D eigenvalue weighted by atomic mass is 9.84. The summed E-state index contributed by atoms with van der Waals surface area (Å²) >= 11 is 0. The molecule has 2 aliphatic rings. The molecule has 0 aromatic carbocycles. The molecule has 1 aromatic heterocycles. The van der Waals surface area contributed by atoms with Gasteiger partial charge in [-0.25, -0.2) is 0 Å². The minimum Gasteiger partial charge on any atom is -0.355 e. The lowest BCUT2D eigenvalue weighted by molar-refractivity contribution is 0.0173. The molecule has 3 rings (SSSR count). The normalized spacial score (nSPS) is 21.3. The van der Waals surface area contributed by atoms with E-state index in [-0.39, 0.29) is 29.5 Å². The van der Waals surface area contributed by atoms with Crippen molar-refractivity contribution in [2.75, 3.05) is 46.8 Å². The predicted octanol–water partition coefficient (Wildman–Crippen LogP) is 2.31.